The molecule has 0 spiro atoms. The molecule has 4 heterocycles. The molecule has 5 nitrogen and oxygen atoms in total. The third-order valence-corrected chi connectivity index (χ3v) is 5.05. The topological polar surface area (TPSA) is 63.7 Å². The van der Waals surface area contributed by atoms with Gasteiger partial charge in [-0.3, -0.25) is 4.98 Å². The number of pyridine rings is 3. The van der Waals surface area contributed by atoms with Gasteiger partial charge in [-0.25, -0.2) is 9.97 Å². The monoisotopic (exact) mass is 372 g/mol. The molecule has 0 aliphatic heterocycles. The number of H-pyrrole nitrogens is 1. The van der Waals surface area contributed by atoms with Crippen LogP contribution in [0, 0.1) is 13.8 Å². The Morgan fingerprint density at radius 2 is 1.79 bits per heavy atom. The summed E-state index contributed by atoms with van der Waals surface area (Å²) in [5.41, 5.74) is 8.14. The smallest absolute Gasteiger partial charge is 0.212 e. The van der Waals surface area contributed by atoms with E-state index in [1.165, 1.54) is 33.2 Å². The van der Waals surface area contributed by atoms with Crippen molar-refractivity contribution in [2.75, 3.05) is 7.11 Å². The van der Waals surface area contributed by atoms with E-state index in [0.29, 0.717) is 5.88 Å². The minimum absolute atomic E-state index is 0.644. The van der Waals surface area contributed by atoms with Crippen LogP contribution in [0.3, 0.4) is 0 Å². The normalized spacial score (nSPS) is 11.1. The van der Waals surface area contributed by atoms with Crippen LogP contribution in [0.4, 0.5) is 0 Å². The van der Waals surface area contributed by atoms with Crippen LogP contribution >= 0.6 is 0 Å². The summed E-state index contributed by atoms with van der Waals surface area (Å²) in [6.07, 6.45) is 10.5. The molecule has 0 radical (unpaired) electrons. The number of ether oxygens (including phenoxy) is 1. The molecule has 0 bridgehead atoms. The quantitative estimate of drug-likeness (QED) is 0.546. The number of nitrogens with zero attached hydrogens (tertiary/aromatic N) is 3. The Kier molecular flexibility index (Phi) is 5.06. The van der Waals surface area contributed by atoms with E-state index < -0.39 is 0 Å². The fourth-order valence-corrected chi connectivity index (χ4v) is 3.49. The summed E-state index contributed by atoms with van der Waals surface area (Å²) in [6, 6.07) is 8.39. The Labute approximate surface area is 164 Å². The maximum absolute atomic E-state index is 5.11. The average Bonchev–Trinajstić information content (AvgIpc) is 3.09. The van der Waals surface area contributed by atoms with Gasteiger partial charge < -0.3 is 9.72 Å². The Morgan fingerprint density at radius 1 is 0.929 bits per heavy atom. The number of hydrogen-bond acceptors (Lipinski definition) is 4. The SMILES string of the molecule is COc1ccc(CCc2ncc(Cc3c[nH]c4ncc(C)cc34)cc2C)cn1. The highest BCUT2D eigenvalue weighted by Gasteiger charge is 2.08. The van der Waals surface area contributed by atoms with Crippen LogP contribution in [0.5, 0.6) is 5.88 Å². The maximum Gasteiger partial charge on any atom is 0.212 e. The van der Waals surface area contributed by atoms with Crippen LogP contribution in [0.25, 0.3) is 11.0 Å². The molecule has 0 fully saturated rings. The van der Waals surface area contributed by atoms with Crippen molar-refractivity contribution in [3.8, 4) is 5.88 Å². The molecule has 4 rings (SSSR count). The van der Waals surface area contributed by atoms with Crippen molar-refractivity contribution >= 4 is 11.0 Å². The van der Waals surface area contributed by atoms with E-state index in [0.717, 1.165) is 30.6 Å². The summed E-state index contributed by atoms with van der Waals surface area (Å²) in [5, 5.41) is 1.19. The molecule has 4 aromatic rings. The van der Waals surface area contributed by atoms with E-state index in [4.69, 9.17) is 9.72 Å². The largest absolute Gasteiger partial charge is 0.481 e. The third-order valence-electron chi connectivity index (χ3n) is 5.05. The second-order valence-corrected chi connectivity index (χ2v) is 7.22. The summed E-state index contributed by atoms with van der Waals surface area (Å²) >= 11 is 0. The van der Waals surface area contributed by atoms with Gasteiger partial charge in [-0.1, -0.05) is 12.1 Å². The summed E-state index contributed by atoms with van der Waals surface area (Å²) in [4.78, 5) is 16.7. The molecule has 0 aliphatic rings. The minimum atomic E-state index is 0.644. The molecular formula is C23H24N4O. The molecule has 0 unspecified atom stereocenters. The van der Waals surface area contributed by atoms with E-state index in [1.807, 2.05) is 24.7 Å². The number of nitrogens with one attached hydrogen (secondary N) is 1. The number of aryl methyl sites for hydroxylation is 4. The highest BCUT2D eigenvalue weighted by Crippen LogP contribution is 2.21. The lowest BCUT2D eigenvalue weighted by Gasteiger charge is -2.08. The van der Waals surface area contributed by atoms with E-state index in [1.54, 1.807) is 7.11 Å². The summed E-state index contributed by atoms with van der Waals surface area (Å²) in [6.45, 7) is 4.21. The maximum atomic E-state index is 5.11. The molecule has 0 aliphatic carbocycles. The lowest BCUT2D eigenvalue weighted by molar-refractivity contribution is 0.397. The van der Waals surface area contributed by atoms with Gasteiger partial charge in [0.1, 0.15) is 5.65 Å². The lowest BCUT2D eigenvalue weighted by Crippen LogP contribution is -2.00. The van der Waals surface area contributed by atoms with Crippen LogP contribution in [-0.4, -0.2) is 27.0 Å². The third kappa shape index (κ3) is 3.88. The molecule has 4 aromatic heterocycles. The first-order valence-electron chi connectivity index (χ1n) is 9.48. The Morgan fingerprint density at radius 3 is 2.54 bits per heavy atom. The summed E-state index contributed by atoms with van der Waals surface area (Å²) in [7, 11) is 1.63. The van der Waals surface area contributed by atoms with Crippen molar-refractivity contribution in [2.24, 2.45) is 0 Å². The molecule has 28 heavy (non-hydrogen) atoms. The summed E-state index contributed by atoms with van der Waals surface area (Å²) < 4.78 is 5.11. The fourth-order valence-electron chi connectivity index (χ4n) is 3.49. The predicted octanol–water partition coefficient (Wildman–Crippen LogP) is 4.35. The first kappa shape index (κ1) is 18.2. The van der Waals surface area contributed by atoms with E-state index in [9.17, 15) is 0 Å². The van der Waals surface area contributed by atoms with Crippen molar-refractivity contribution in [3.05, 3.63) is 82.6 Å². The van der Waals surface area contributed by atoms with Gasteiger partial charge in [-0.05, 0) is 60.6 Å². The number of fused-ring (bicyclic) bond motifs is 1. The second-order valence-electron chi connectivity index (χ2n) is 7.22. The van der Waals surface area contributed by atoms with Crippen LogP contribution in [0.15, 0.2) is 49.1 Å². The van der Waals surface area contributed by atoms with Gasteiger partial charge in [-0.2, -0.15) is 0 Å². The molecule has 0 saturated heterocycles. The predicted molar refractivity (Wildman–Crippen MR) is 111 cm³/mol. The molecule has 0 amide bonds. The van der Waals surface area contributed by atoms with Gasteiger partial charge in [0.2, 0.25) is 5.88 Å². The first-order valence-corrected chi connectivity index (χ1v) is 9.48. The molecule has 142 valence electrons. The average molecular weight is 372 g/mol. The van der Waals surface area contributed by atoms with E-state index in [2.05, 4.69) is 53.2 Å². The number of rotatable bonds is 6. The van der Waals surface area contributed by atoms with Crippen molar-refractivity contribution in [1.82, 2.24) is 19.9 Å². The van der Waals surface area contributed by atoms with Crippen LogP contribution < -0.4 is 4.74 Å². The Balaban J connectivity index is 1.46. The number of methoxy groups -OCH3 is 1. The van der Waals surface area contributed by atoms with Crippen LogP contribution in [0.1, 0.15) is 33.5 Å². The standard InChI is InChI=1S/C23H24N4O/c1-15-8-20-19(14-27-23(20)26-11-15)10-18-9-16(2)21(24-13-18)6-4-17-5-7-22(28-3)25-12-17/h5,7-9,11-14H,4,6,10H2,1-3H3,(H,26,27). The molecule has 0 atom stereocenters. The highest BCUT2D eigenvalue weighted by atomic mass is 16.5. The lowest BCUT2D eigenvalue weighted by atomic mass is 10.0. The van der Waals surface area contributed by atoms with Crippen molar-refractivity contribution in [3.63, 3.8) is 0 Å². The molecule has 1 N–H and O–H groups in total. The minimum Gasteiger partial charge on any atom is -0.481 e. The van der Waals surface area contributed by atoms with Crippen LogP contribution in [0.2, 0.25) is 0 Å². The van der Waals surface area contributed by atoms with Crippen LogP contribution in [-0.2, 0) is 19.3 Å². The van der Waals surface area contributed by atoms with Gasteiger partial charge in [0, 0.05) is 48.4 Å². The fraction of sp³-hybridized carbons (Fsp3) is 0.261. The van der Waals surface area contributed by atoms with Gasteiger partial charge in [0.25, 0.3) is 0 Å². The van der Waals surface area contributed by atoms with E-state index in [-0.39, 0.29) is 0 Å². The number of hydrogen-bond donors (Lipinski definition) is 1. The second kappa shape index (κ2) is 7.80. The van der Waals surface area contributed by atoms with Gasteiger partial charge >= 0.3 is 0 Å². The molecular weight excluding hydrogens is 348 g/mol. The molecule has 5 heteroatoms. The molecule has 0 aromatic carbocycles. The Hall–Kier alpha value is -3.21. The van der Waals surface area contributed by atoms with E-state index >= 15 is 0 Å². The van der Waals surface area contributed by atoms with Crippen molar-refractivity contribution in [2.45, 2.75) is 33.1 Å². The van der Waals surface area contributed by atoms with Gasteiger partial charge in [-0.15, -0.1) is 0 Å². The number of aromatic nitrogens is 4. The molecule has 0 saturated carbocycles. The first-order chi connectivity index (χ1) is 13.6. The number of aromatic amines is 1. The van der Waals surface area contributed by atoms with Gasteiger partial charge in [0.05, 0.1) is 7.11 Å². The van der Waals surface area contributed by atoms with Gasteiger partial charge in [0.15, 0.2) is 0 Å². The Bertz CT molecular complexity index is 1100. The van der Waals surface area contributed by atoms with Crippen molar-refractivity contribution < 1.29 is 4.74 Å². The summed E-state index contributed by atoms with van der Waals surface area (Å²) in [5.74, 6) is 0.644. The zero-order valence-corrected chi connectivity index (χ0v) is 16.5. The highest BCUT2D eigenvalue weighted by molar-refractivity contribution is 5.80. The van der Waals surface area contributed by atoms with Crippen molar-refractivity contribution in [1.29, 1.82) is 0 Å². The zero-order chi connectivity index (χ0) is 19.5. The zero-order valence-electron chi connectivity index (χ0n) is 16.5.